The topological polar surface area (TPSA) is 35.0 Å². The maximum absolute atomic E-state index is 6.19. The van der Waals surface area contributed by atoms with Gasteiger partial charge in [-0.15, -0.1) is 0 Å². The van der Waals surface area contributed by atoms with E-state index in [0.717, 1.165) is 11.3 Å². The van der Waals surface area contributed by atoms with Crippen LogP contribution in [0, 0.1) is 6.92 Å². The van der Waals surface area contributed by atoms with Crippen LogP contribution in [0.2, 0.25) is 5.15 Å². The van der Waals surface area contributed by atoms with Crippen LogP contribution in [-0.2, 0) is 10.3 Å². The van der Waals surface area contributed by atoms with E-state index in [-0.39, 0.29) is 0 Å². The number of rotatable bonds is 3. The van der Waals surface area contributed by atoms with Gasteiger partial charge in [0, 0.05) is 18.4 Å². The molecule has 0 atom stereocenters. The Kier molecular flexibility index (Phi) is 3.92. The van der Waals surface area contributed by atoms with Crippen LogP contribution in [0.25, 0.3) is 0 Å². The summed E-state index contributed by atoms with van der Waals surface area (Å²) < 4.78 is 5.35. The van der Waals surface area contributed by atoms with Gasteiger partial charge < -0.3 is 4.74 Å². The Morgan fingerprint density at radius 1 is 1.25 bits per heavy atom. The van der Waals surface area contributed by atoms with Gasteiger partial charge in [-0.05, 0) is 26.7 Å². The van der Waals surface area contributed by atoms with Gasteiger partial charge in [0.1, 0.15) is 10.8 Å². The van der Waals surface area contributed by atoms with Crippen molar-refractivity contribution in [3.8, 4) is 0 Å². The molecule has 0 radical (unpaired) electrons. The highest BCUT2D eigenvalue weighted by atomic mass is 35.5. The maximum atomic E-state index is 6.19. The normalized spacial score (nSPS) is 12.2. The highest BCUT2D eigenvalue weighted by molar-refractivity contribution is 6.30. The van der Waals surface area contributed by atoms with Gasteiger partial charge in [0.15, 0.2) is 5.82 Å². The molecule has 0 bridgehead atoms. The van der Waals surface area contributed by atoms with Crippen LogP contribution in [0.1, 0.15) is 50.7 Å². The highest BCUT2D eigenvalue weighted by Gasteiger charge is 2.25. The van der Waals surface area contributed by atoms with Crippen molar-refractivity contribution < 1.29 is 4.74 Å². The molecule has 0 saturated heterocycles. The first-order valence-corrected chi connectivity index (χ1v) is 5.77. The smallest absolute Gasteiger partial charge is 0.161 e. The molecule has 0 fully saturated rings. The summed E-state index contributed by atoms with van der Waals surface area (Å²) in [7, 11) is 1.64. The standard InChI is InChI=1S/C12H19ClN2O/c1-7(2)9-8(3)14-11(15-10(9)13)12(4,5)16-6/h7H,1-6H3. The largest absolute Gasteiger partial charge is 0.371 e. The summed E-state index contributed by atoms with van der Waals surface area (Å²) in [5, 5.41) is 0.530. The van der Waals surface area contributed by atoms with Crippen molar-refractivity contribution in [1.29, 1.82) is 0 Å². The summed E-state index contributed by atoms with van der Waals surface area (Å²) >= 11 is 6.19. The first-order chi connectivity index (χ1) is 7.29. The fourth-order valence-electron chi connectivity index (χ4n) is 1.56. The van der Waals surface area contributed by atoms with Gasteiger partial charge >= 0.3 is 0 Å². The molecule has 90 valence electrons. The van der Waals surface area contributed by atoms with Crippen molar-refractivity contribution in [2.45, 2.75) is 46.1 Å². The SMILES string of the molecule is COC(C)(C)c1nc(C)c(C(C)C)c(Cl)n1. The first kappa shape index (κ1) is 13.4. The van der Waals surface area contributed by atoms with Gasteiger partial charge in [-0.2, -0.15) is 0 Å². The van der Waals surface area contributed by atoms with Crippen molar-refractivity contribution in [2.75, 3.05) is 7.11 Å². The zero-order valence-corrected chi connectivity index (χ0v) is 11.5. The molecule has 1 heterocycles. The van der Waals surface area contributed by atoms with Gasteiger partial charge in [0.25, 0.3) is 0 Å². The Morgan fingerprint density at radius 3 is 2.19 bits per heavy atom. The van der Waals surface area contributed by atoms with Gasteiger partial charge in [-0.1, -0.05) is 25.4 Å². The quantitative estimate of drug-likeness (QED) is 0.762. The molecule has 0 spiro atoms. The molecule has 0 unspecified atom stereocenters. The lowest BCUT2D eigenvalue weighted by molar-refractivity contribution is 0.0113. The van der Waals surface area contributed by atoms with Gasteiger partial charge in [0.05, 0.1) is 0 Å². The number of aryl methyl sites for hydroxylation is 1. The van der Waals surface area contributed by atoms with Crippen LogP contribution >= 0.6 is 11.6 Å². The van der Waals surface area contributed by atoms with E-state index >= 15 is 0 Å². The average Bonchev–Trinajstić information content (AvgIpc) is 2.15. The monoisotopic (exact) mass is 242 g/mol. The Balaban J connectivity index is 3.30. The number of ether oxygens (including phenoxy) is 1. The average molecular weight is 243 g/mol. The second-order valence-corrected chi connectivity index (χ2v) is 5.06. The van der Waals surface area contributed by atoms with Crippen LogP contribution in [0.3, 0.4) is 0 Å². The first-order valence-electron chi connectivity index (χ1n) is 5.39. The Labute approximate surface area is 102 Å². The molecule has 0 aliphatic heterocycles. The number of aromatic nitrogens is 2. The van der Waals surface area contributed by atoms with E-state index in [0.29, 0.717) is 16.9 Å². The highest BCUT2D eigenvalue weighted by Crippen LogP contribution is 2.28. The lowest BCUT2D eigenvalue weighted by Gasteiger charge is -2.23. The van der Waals surface area contributed by atoms with Crippen molar-refractivity contribution in [1.82, 2.24) is 9.97 Å². The molecule has 0 aliphatic rings. The molecule has 4 heteroatoms. The van der Waals surface area contributed by atoms with Crippen LogP contribution in [0.15, 0.2) is 0 Å². The maximum Gasteiger partial charge on any atom is 0.161 e. The second-order valence-electron chi connectivity index (χ2n) is 4.71. The third-order valence-corrected chi connectivity index (χ3v) is 3.00. The van der Waals surface area contributed by atoms with E-state index in [4.69, 9.17) is 16.3 Å². The van der Waals surface area contributed by atoms with Crippen LogP contribution in [-0.4, -0.2) is 17.1 Å². The number of halogens is 1. The third-order valence-electron chi connectivity index (χ3n) is 2.72. The van der Waals surface area contributed by atoms with Crippen molar-refractivity contribution >= 4 is 11.6 Å². The minimum Gasteiger partial charge on any atom is -0.371 e. The number of hydrogen-bond acceptors (Lipinski definition) is 3. The minimum atomic E-state index is -0.510. The van der Waals surface area contributed by atoms with E-state index in [2.05, 4.69) is 23.8 Å². The lowest BCUT2D eigenvalue weighted by atomic mass is 10.0. The van der Waals surface area contributed by atoms with Gasteiger partial charge in [-0.25, -0.2) is 9.97 Å². The van der Waals surface area contributed by atoms with Crippen molar-refractivity contribution in [3.05, 3.63) is 22.2 Å². The van der Waals surface area contributed by atoms with E-state index < -0.39 is 5.60 Å². The summed E-state index contributed by atoms with van der Waals surface area (Å²) in [4.78, 5) is 8.80. The summed E-state index contributed by atoms with van der Waals surface area (Å²) in [6.07, 6.45) is 0. The van der Waals surface area contributed by atoms with E-state index in [9.17, 15) is 0 Å². The van der Waals surface area contributed by atoms with Crippen LogP contribution in [0.5, 0.6) is 0 Å². The summed E-state index contributed by atoms with van der Waals surface area (Å²) in [6.45, 7) is 9.97. The zero-order valence-electron chi connectivity index (χ0n) is 10.8. The zero-order chi connectivity index (χ0) is 12.5. The third kappa shape index (κ3) is 2.53. The van der Waals surface area contributed by atoms with Gasteiger partial charge in [-0.3, -0.25) is 0 Å². The molecule has 0 saturated carbocycles. The molecule has 0 N–H and O–H groups in total. The fourth-order valence-corrected chi connectivity index (χ4v) is 2.00. The van der Waals surface area contributed by atoms with Crippen molar-refractivity contribution in [3.63, 3.8) is 0 Å². The van der Waals surface area contributed by atoms with Crippen molar-refractivity contribution in [2.24, 2.45) is 0 Å². The molecular weight excluding hydrogens is 224 g/mol. The Bertz CT molecular complexity index is 366. The second kappa shape index (κ2) is 4.68. The molecule has 0 aliphatic carbocycles. The molecule has 0 aromatic carbocycles. The molecular formula is C12H19ClN2O. The fraction of sp³-hybridized carbons (Fsp3) is 0.667. The number of methoxy groups -OCH3 is 1. The molecule has 0 amide bonds. The Morgan fingerprint density at radius 2 is 1.81 bits per heavy atom. The number of hydrogen-bond donors (Lipinski definition) is 0. The van der Waals surface area contributed by atoms with E-state index in [1.807, 2.05) is 20.8 Å². The summed E-state index contributed by atoms with van der Waals surface area (Å²) in [5.74, 6) is 0.953. The predicted molar refractivity (Wildman–Crippen MR) is 65.9 cm³/mol. The molecule has 1 rings (SSSR count). The van der Waals surface area contributed by atoms with Crippen LogP contribution < -0.4 is 0 Å². The summed E-state index contributed by atoms with van der Waals surface area (Å²) in [5.41, 5.74) is 1.43. The van der Waals surface area contributed by atoms with E-state index in [1.54, 1.807) is 7.11 Å². The lowest BCUT2D eigenvalue weighted by Crippen LogP contribution is -2.24. The van der Waals surface area contributed by atoms with Gasteiger partial charge in [0.2, 0.25) is 0 Å². The molecule has 16 heavy (non-hydrogen) atoms. The predicted octanol–water partition coefficient (Wildman–Crippen LogP) is 3.44. The Hall–Kier alpha value is -0.670. The molecule has 1 aromatic heterocycles. The molecule has 3 nitrogen and oxygen atoms in total. The summed E-state index contributed by atoms with van der Waals surface area (Å²) in [6, 6.07) is 0. The van der Waals surface area contributed by atoms with E-state index in [1.165, 1.54) is 0 Å². The minimum absolute atomic E-state index is 0.326. The van der Waals surface area contributed by atoms with Crippen LogP contribution in [0.4, 0.5) is 0 Å². The molecule has 1 aromatic rings. The number of nitrogens with zero attached hydrogens (tertiary/aromatic N) is 2.